The van der Waals surface area contributed by atoms with E-state index in [-0.39, 0.29) is 5.37 Å². The van der Waals surface area contributed by atoms with Gasteiger partial charge in [0.2, 0.25) is 0 Å². The lowest BCUT2D eigenvalue weighted by molar-refractivity contribution is 0.264. The molecule has 1 unspecified atom stereocenters. The number of thiophene rings is 1. The Morgan fingerprint density at radius 3 is 2.94 bits per heavy atom. The van der Waals surface area contributed by atoms with Gasteiger partial charge in [-0.05, 0) is 22.0 Å². The molecule has 17 heavy (non-hydrogen) atoms. The molecule has 1 aliphatic heterocycles. The molecule has 0 aromatic carbocycles. The van der Waals surface area contributed by atoms with E-state index >= 15 is 0 Å². The van der Waals surface area contributed by atoms with E-state index in [1.165, 1.54) is 11.1 Å². The van der Waals surface area contributed by atoms with Crippen molar-refractivity contribution in [1.82, 2.24) is 4.90 Å². The van der Waals surface area contributed by atoms with Gasteiger partial charge in [0.1, 0.15) is 5.37 Å². The topological polar surface area (TPSA) is 37.4 Å². The van der Waals surface area contributed by atoms with Crippen LogP contribution in [0.1, 0.15) is 4.88 Å². The molecule has 1 aliphatic rings. The summed E-state index contributed by atoms with van der Waals surface area (Å²) >= 11 is 6.81. The van der Waals surface area contributed by atoms with E-state index in [1.807, 2.05) is 5.38 Å². The Hall–Kier alpha value is 0.440. The van der Waals surface area contributed by atoms with Gasteiger partial charge in [0, 0.05) is 45.6 Å². The third-order valence-corrected chi connectivity index (χ3v) is 7.03. The standard InChI is InChI=1S/C10H14BrNO2S3/c1-17(13,14)10-7-15-3-2-12(10)5-9-4-8(11)6-16-9/h4,6,10H,2-3,5,7H2,1H3. The average molecular weight is 356 g/mol. The van der Waals surface area contributed by atoms with Gasteiger partial charge < -0.3 is 0 Å². The Morgan fingerprint density at radius 1 is 1.59 bits per heavy atom. The normalized spacial score (nSPS) is 22.8. The molecule has 2 rings (SSSR count). The van der Waals surface area contributed by atoms with E-state index in [0.717, 1.165) is 23.3 Å². The van der Waals surface area contributed by atoms with Crippen molar-refractivity contribution < 1.29 is 8.42 Å². The van der Waals surface area contributed by atoms with E-state index in [1.54, 1.807) is 23.1 Å². The van der Waals surface area contributed by atoms with Crippen LogP contribution in [0, 0.1) is 0 Å². The molecule has 1 fully saturated rings. The Kier molecular flexibility index (Phi) is 4.57. The van der Waals surface area contributed by atoms with E-state index in [0.29, 0.717) is 5.75 Å². The van der Waals surface area contributed by atoms with Crippen LogP contribution in [-0.2, 0) is 16.4 Å². The van der Waals surface area contributed by atoms with Crippen molar-refractivity contribution in [1.29, 1.82) is 0 Å². The van der Waals surface area contributed by atoms with Crippen LogP contribution >= 0.6 is 39.0 Å². The van der Waals surface area contributed by atoms with E-state index in [9.17, 15) is 8.42 Å². The summed E-state index contributed by atoms with van der Waals surface area (Å²) in [5.74, 6) is 1.70. The lowest BCUT2D eigenvalue weighted by Gasteiger charge is -2.33. The second-order valence-electron chi connectivity index (χ2n) is 4.06. The molecule has 1 atom stereocenters. The number of hydrogen-bond acceptors (Lipinski definition) is 5. The minimum atomic E-state index is -2.99. The maximum atomic E-state index is 11.7. The summed E-state index contributed by atoms with van der Waals surface area (Å²) in [6.45, 7) is 1.58. The van der Waals surface area contributed by atoms with Crippen LogP contribution in [0.4, 0.5) is 0 Å². The number of sulfone groups is 1. The maximum Gasteiger partial charge on any atom is 0.164 e. The zero-order chi connectivity index (χ0) is 12.5. The quantitative estimate of drug-likeness (QED) is 0.834. The van der Waals surface area contributed by atoms with Crippen LogP contribution < -0.4 is 0 Å². The van der Waals surface area contributed by atoms with Crippen LogP contribution in [0.25, 0.3) is 0 Å². The van der Waals surface area contributed by atoms with E-state index < -0.39 is 9.84 Å². The van der Waals surface area contributed by atoms with E-state index in [2.05, 4.69) is 26.9 Å². The third kappa shape index (κ3) is 3.70. The average Bonchev–Trinajstić information content (AvgIpc) is 2.63. The van der Waals surface area contributed by atoms with Gasteiger partial charge in [-0.1, -0.05) is 0 Å². The van der Waals surface area contributed by atoms with Crippen molar-refractivity contribution in [2.75, 3.05) is 24.3 Å². The Morgan fingerprint density at radius 2 is 2.35 bits per heavy atom. The monoisotopic (exact) mass is 355 g/mol. The Balaban J connectivity index is 2.12. The molecule has 3 nitrogen and oxygen atoms in total. The van der Waals surface area contributed by atoms with Crippen LogP contribution in [0.5, 0.6) is 0 Å². The van der Waals surface area contributed by atoms with Gasteiger partial charge in [-0.3, -0.25) is 4.90 Å². The zero-order valence-electron chi connectivity index (χ0n) is 9.43. The summed E-state index contributed by atoms with van der Waals surface area (Å²) in [5, 5.41) is 1.70. The highest BCUT2D eigenvalue weighted by atomic mass is 79.9. The summed E-state index contributed by atoms with van der Waals surface area (Å²) in [4.78, 5) is 3.28. The lowest BCUT2D eigenvalue weighted by Crippen LogP contribution is -2.46. The van der Waals surface area contributed by atoms with Crippen LogP contribution in [0.15, 0.2) is 15.9 Å². The van der Waals surface area contributed by atoms with Crippen LogP contribution in [0.2, 0.25) is 0 Å². The first-order chi connectivity index (χ1) is 7.97. The largest absolute Gasteiger partial charge is 0.281 e. The molecular weight excluding hydrogens is 342 g/mol. The van der Waals surface area contributed by atoms with Gasteiger partial charge in [-0.2, -0.15) is 11.8 Å². The fourth-order valence-electron chi connectivity index (χ4n) is 1.83. The molecule has 96 valence electrons. The molecule has 7 heteroatoms. The predicted octanol–water partition coefficient (Wildman–Crippen LogP) is 2.43. The van der Waals surface area contributed by atoms with Crippen molar-refractivity contribution in [2.24, 2.45) is 0 Å². The minimum Gasteiger partial charge on any atom is -0.281 e. The summed E-state index contributed by atoms with van der Waals surface area (Å²) in [6.07, 6.45) is 1.33. The van der Waals surface area contributed by atoms with Crippen molar-refractivity contribution in [3.8, 4) is 0 Å². The molecule has 1 aromatic rings. The third-order valence-electron chi connectivity index (χ3n) is 2.67. The van der Waals surface area contributed by atoms with Crippen LogP contribution in [0.3, 0.4) is 0 Å². The molecule has 0 bridgehead atoms. The molecular formula is C10H14BrNO2S3. The number of nitrogens with zero attached hydrogens (tertiary/aromatic N) is 1. The lowest BCUT2D eigenvalue weighted by atomic mass is 10.4. The Bertz CT molecular complexity index is 485. The van der Waals surface area contributed by atoms with Crippen LogP contribution in [-0.4, -0.2) is 43.0 Å². The fraction of sp³-hybridized carbons (Fsp3) is 0.600. The maximum absolute atomic E-state index is 11.7. The van der Waals surface area contributed by atoms with Crippen molar-refractivity contribution in [2.45, 2.75) is 11.9 Å². The number of thioether (sulfide) groups is 1. The van der Waals surface area contributed by atoms with E-state index in [4.69, 9.17) is 0 Å². The first kappa shape index (κ1) is 13.9. The molecule has 0 N–H and O–H groups in total. The highest BCUT2D eigenvalue weighted by molar-refractivity contribution is 9.10. The molecule has 2 heterocycles. The molecule has 0 amide bonds. The number of halogens is 1. The van der Waals surface area contributed by atoms with Gasteiger partial charge in [-0.25, -0.2) is 8.42 Å². The molecule has 1 aromatic heterocycles. The zero-order valence-corrected chi connectivity index (χ0v) is 13.5. The van der Waals surface area contributed by atoms with Gasteiger partial charge in [0.05, 0.1) is 0 Å². The number of hydrogen-bond donors (Lipinski definition) is 0. The molecule has 0 spiro atoms. The molecule has 0 aliphatic carbocycles. The minimum absolute atomic E-state index is 0.331. The first-order valence-electron chi connectivity index (χ1n) is 5.20. The summed E-state index contributed by atoms with van der Waals surface area (Å²) in [7, 11) is -2.99. The smallest absolute Gasteiger partial charge is 0.164 e. The highest BCUT2D eigenvalue weighted by Crippen LogP contribution is 2.26. The number of rotatable bonds is 3. The Labute approximate surface area is 119 Å². The fourth-order valence-corrected chi connectivity index (χ4v) is 6.24. The summed E-state index contributed by atoms with van der Waals surface area (Å²) in [6, 6.07) is 2.06. The molecule has 0 saturated carbocycles. The van der Waals surface area contributed by atoms with Crippen molar-refractivity contribution >= 4 is 48.9 Å². The van der Waals surface area contributed by atoms with Gasteiger partial charge >= 0.3 is 0 Å². The first-order valence-corrected chi connectivity index (χ1v) is 9.98. The molecule has 0 radical (unpaired) electrons. The summed E-state index contributed by atoms with van der Waals surface area (Å²) in [5.41, 5.74) is 0. The van der Waals surface area contributed by atoms with Crippen molar-refractivity contribution in [3.63, 3.8) is 0 Å². The second-order valence-corrected chi connectivity index (χ2v) is 9.33. The molecule has 1 saturated heterocycles. The summed E-state index contributed by atoms with van der Waals surface area (Å²) < 4.78 is 24.5. The predicted molar refractivity (Wildman–Crippen MR) is 78.4 cm³/mol. The van der Waals surface area contributed by atoms with Gasteiger partial charge in [0.15, 0.2) is 9.84 Å². The second kappa shape index (κ2) is 5.61. The highest BCUT2D eigenvalue weighted by Gasteiger charge is 2.30. The van der Waals surface area contributed by atoms with Gasteiger partial charge in [0.25, 0.3) is 0 Å². The SMILES string of the molecule is CS(=O)(=O)C1CSCCN1Cc1cc(Br)cs1. The van der Waals surface area contributed by atoms with Crippen molar-refractivity contribution in [3.05, 3.63) is 20.8 Å². The van der Waals surface area contributed by atoms with Gasteiger partial charge in [-0.15, -0.1) is 11.3 Å².